The van der Waals surface area contributed by atoms with Gasteiger partial charge in [0.05, 0.1) is 0 Å². The highest BCUT2D eigenvalue weighted by molar-refractivity contribution is 5.84. The van der Waals surface area contributed by atoms with Gasteiger partial charge in [-0.3, -0.25) is 4.79 Å². The number of aliphatic carboxylic acids is 1. The van der Waals surface area contributed by atoms with E-state index in [0.717, 1.165) is 28.5 Å². The number of rotatable bonds is 5. The monoisotopic (exact) mass is 357 g/mol. The first-order valence-corrected chi connectivity index (χ1v) is 8.16. The van der Waals surface area contributed by atoms with Crippen LogP contribution in [0, 0.1) is 0 Å². The fourth-order valence-corrected chi connectivity index (χ4v) is 2.50. The maximum Gasteiger partial charge on any atom is 0.320 e. The molecule has 0 amide bonds. The Labute approximate surface area is 150 Å². The third-order valence-corrected chi connectivity index (χ3v) is 3.87. The number of carboxylic acids is 1. The second kappa shape index (κ2) is 8.89. The van der Waals surface area contributed by atoms with E-state index in [4.69, 9.17) is 21.7 Å². The summed E-state index contributed by atoms with van der Waals surface area (Å²) in [5, 5.41) is 27.8. The Morgan fingerprint density at radius 3 is 2.35 bits per heavy atom. The predicted molar refractivity (Wildman–Crippen MR) is 100 cm³/mol. The van der Waals surface area contributed by atoms with Crippen LogP contribution in [-0.2, 0) is 17.6 Å². The predicted octanol–water partition coefficient (Wildman–Crippen LogP) is 1.72. The first-order chi connectivity index (χ1) is 12.4. The normalized spacial score (nSPS) is 11.6. The molecule has 1 aromatic heterocycles. The summed E-state index contributed by atoms with van der Waals surface area (Å²) in [5.74, 6) is -0.564. The van der Waals surface area contributed by atoms with Crippen molar-refractivity contribution in [2.24, 2.45) is 11.5 Å². The molecule has 0 aliphatic rings. The molecule has 0 saturated carbocycles. The molecule has 1 atom stereocenters. The van der Waals surface area contributed by atoms with Crippen molar-refractivity contribution in [2.75, 3.05) is 6.54 Å². The molecule has 7 nitrogen and oxygen atoms in total. The minimum atomic E-state index is -1.02. The van der Waals surface area contributed by atoms with E-state index in [9.17, 15) is 9.90 Å². The van der Waals surface area contributed by atoms with E-state index in [0.29, 0.717) is 12.3 Å². The largest absolute Gasteiger partial charge is 0.508 e. The Hall–Kier alpha value is -3.03. The number of nitrogens with two attached hydrogens (primary N) is 2. The van der Waals surface area contributed by atoms with Gasteiger partial charge in [0, 0.05) is 17.1 Å². The molecular weight excluding hydrogens is 334 g/mol. The molecule has 138 valence electrons. The molecule has 1 unspecified atom stereocenters. The van der Waals surface area contributed by atoms with Crippen molar-refractivity contribution in [3.63, 3.8) is 0 Å². The van der Waals surface area contributed by atoms with E-state index >= 15 is 0 Å². The first kappa shape index (κ1) is 19.3. The highest BCUT2D eigenvalue weighted by atomic mass is 16.4. The van der Waals surface area contributed by atoms with Crippen LogP contribution in [0.2, 0.25) is 0 Å². The summed E-state index contributed by atoms with van der Waals surface area (Å²) < 4.78 is 0. The second-order valence-electron chi connectivity index (χ2n) is 5.90. The molecule has 0 radical (unpaired) electrons. The lowest BCUT2D eigenvalue weighted by Gasteiger charge is -2.05. The Balaban J connectivity index is 0.000000187. The van der Waals surface area contributed by atoms with Crippen LogP contribution in [0.1, 0.15) is 11.1 Å². The summed E-state index contributed by atoms with van der Waals surface area (Å²) in [6.07, 6.45) is 3.05. The number of hydrogen-bond acceptors (Lipinski definition) is 5. The van der Waals surface area contributed by atoms with Gasteiger partial charge in [-0.25, -0.2) is 0 Å². The standard InChI is InChI=1S/C10H12N2O.C9H11NO3/c11-4-3-7-6-12-10-2-1-8(13)5-9(7)10;10-8(9(12)13)5-6-1-3-7(11)4-2-6/h1-2,5-6,12-13H,3-4,11H2;1-4,8,11H,5,10H2,(H,12,13). The summed E-state index contributed by atoms with van der Waals surface area (Å²) in [4.78, 5) is 13.5. The van der Waals surface area contributed by atoms with Crippen molar-refractivity contribution < 1.29 is 20.1 Å². The van der Waals surface area contributed by atoms with Gasteiger partial charge in [0.1, 0.15) is 17.5 Å². The molecule has 3 rings (SSSR count). The molecular formula is C19H23N3O4. The van der Waals surface area contributed by atoms with E-state index in [1.54, 1.807) is 24.3 Å². The van der Waals surface area contributed by atoms with Gasteiger partial charge in [0.25, 0.3) is 0 Å². The number of H-pyrrole nitrogens is 1. The first-order valence-electron chi connectivity index (χ1n) is 8.16. The molecule has 0 spiro atoms. The topological polar surface area (TPSA) is 146 Å². The molecule has 7 heteroatoms. The smallest absolute Gasteiger partial charge is 0.320 e. The molecule has 26 heavy (non-hydrogen) atoms. The summed E-state index contributed by atoms with van der Waals surface area (Å²) in [6, 6.07) is 10.7. The minimum absolute atomic E-state index is 0.160. The van der Waals surface area contributed by atoms with Gasteiger partial charge >= 0.3 is 5.97 Å². The number of hydrogen-bond donors (Lipinski definition) is 6. The molecule has 3 aromatic rings. The van der Waals surface area contributed by atoms with Crippen molar-refractivity contribution in [1.29, 1.82) is 0 Å². The van der Waals surface area contributed by atoms with E-state index < -0.39 is 12.0 Å². The zero-order chi connectivity index (χ0) is 19.1. The minimum Gasteiger partial charge on any atom is -0.508 e. The van der Waals surface area contributed by atoms with Crippen LogP contribution in [0.15, 0.2) is 48.7 Å². The van der Waals surface area contributed by atoms with Crippen molar-refractivity contribution in [3.05, 3.63) is 59.8 Å². The van der Waals surface area contributed by atoms with Crippen molar-refractivity contribution >= 4 is 16.9 Å². The number of aromatic hydroxyl groups is 2. The lowest BCUT2D eigenvalue weighted by atomic mass is 10.1. The third kappa shape index (κ3) is 5.23. The quantitative estimate of drug-likeness (QED) is 0.410. The van der Waals surface area contributed by atoms with Crippen LogP contribution in [-0.4, -0.2) is 38.9 Å². The lowest BCUT2D eigenvalue weighted by molar-refractivity contribution is -0.138. The fraction of sp³-hybridized carbons (Fsp3) is 0.211. The number of benzene rings is 2. The summed E-state index contributed by atoms with van der Waals surface area (Å²) in [7, 11) is 0. The fourth-order valence-electron chi connectivity index (χ4n) is 2.50. The number of aromatic amines is 1. The van der Waals surface area contributed by atoms with E-state index in [-0.39, 0.29) is 12.2 Å². The van der Waals surface area contributed by atoms with Gasteiger partial charge in [-0.1, -0.05) is 12.1 Å². The third-order valence-electron chi connectivity index (χ3n) is 3.87. The van der Waals surface area contributed by atoms with Gasteiger partial charge in [0.15, 0.2) is 0 Å². The molecule has 0 aliphatic heterocycles. The van der Waals surface area contributed by atoms with E-state index in [1.165, 1.54) is 12.1 Å². The van der Waals surface area contributed by atoms with Crippen molar-refractivity contribution in [3.8, 4) is 11.5 Å². The molecule has 1 heterocycles. The SMILES string of the molecule is NC(Cc1ccc(O)cc1)C(=O)O.NCCc1c[nH]c2ccc(O)cc12. The summed E-state index contributed by atoms with van der Waals surface area (Å²) in [5.41, 5.74) is 13.8. The number of carboxylic acid groups (broad SMARTS) is 1. The number of phenols is 2. The van der Waals surface area contributed by atoms with Crippen LogP contribution in [0.5, 0.6) is 11.5 Å². The van der Waals surface area contributed by atoms with Gasteiger partial charge in [-0.15, -0.1) is 0 Å². The van der Waals surface area contributed by atoms with Crippen LogP contribution in [0.4, 0.5) is 0 Å². The maximum absolute atomic E-state index is 10.4. The average Bonchev–Trinajstić information content (AvgIpc) is 3.00. The molecule has 0 bridgehead atoms. The highest BCUT2D eigenvalue weighted by Crippen LogP contribution is 2.22. The number of carbonyl (C=O) groups is 1. The zero-order valence-corrected chi connectivity index (χ0v) is 14.2. The molecule has 8 N–H and O–H groups in total. The Bertz CT molecular complexity index is 859. The second-order valence-corrected chi connectivity index (χ2v) is 5.90. The van der Waals surface area contributed by atoms with Gasteiger partial charge in [-0.05, 0) is 60.8 Å². The van der Waals surface area contributed by atoms with Gasteiger partial charge in [0.2, 0.25) is 0 Å². The lowest BCUT2D eigenvalue weighted by Crippen LogP contribution is -2.32. The van der Waals surface area contributed by atoms with Gasteiger partial charge < -0.3 is 31.8 Å². The van der Waals surface area contributed by atoms with E-state index in [2.05, 4.69) is 4.98 Å². The van der Waals surface area contributed by atoms with Crippen LogP contribution < -0.4 is 11.5 Å². The maximum atomic E-state index is 10.4. The number of phenolic OH excluding ortho intramolecular Hbond substituents is 2. The number of fused-ring (bicyclic) bond motifs is 1. The summed E-state index contributed by atoms with van der Waals surface area (Å²) in [6.45, 7) is 0.628. The average molecular weight is 357 g/mol. The van der Waals surface area contributed by atoms with Gasteiger partial charge in [-0.2, -0.15) is 0 Å². The Morgan fingerprint density at radius 1 is 1.08 bits per heavy atom. The van der Waals surface area contributed by atoms with E-state index in [1.807, 2.05) is 12.3 Å². The van der Waals surface area contributed by atoms with Crippen molar-refractivity contribution in [1.82, 2.24) is 4.98 Å². The van der Waals surface area contributed by atoms with Crippen LogP contribution >= 0.6 is 0 Å². The highest BCUT2D eigenvalue weighted by Gasteiger charge is 2.11. The zero-order valence-electron chi connectivity index (χ0n) is 14.2. The number of aromatic nitrogens is 1. The van der Waals surface area contributed by atoms with Crippen LogP contribution in [0.3, 0.4) is 0 Å². The molecule has 0 fully saturated rings. The Morgan fingerprint density at radius 2 is 1.73 bits per heavy atom. The number of nitrogens with one attached hydrogen (secondary N) is 1. The molecule has 0 saturated heterocycles. The summed E-state index contributed by atoms with van der Waals surface area (Å²) >= 11 is 0. The Kier molecular flexibility index (Phi) is 6.60. The molecule has 2 aromatic carbocycles. The molecule has 0 aliphatic carbocycles. The van der Waals surface area contributed by atoms with Crippen molar-refractivity contribution in [2.45, 2.75) is 18.9 Å². The van der Waals surface area contributed by atoms with Crippen LogP contribution in [0.25, 0.3) is 10.9 Å².